The Labute approximate surface area is 150 Å². The SMILES string of the molecule is CC(C)c1ccc(O[C@@H](C)C(=O)Nc2ccc(Cl)c([N+](=O)[O-])c2)cc1. The Balaban J connectivity index is 2.03. The highest BCUT2D eigenvalue weighted by molar-refractivity contribution is 6.32. The molecule has 0 aromatic heterocycles. The Hall–Kier alpha value is -2.60. The molecule has 7 heteroatoms. The fraction of sp³-hybridized carbons (Fsp3) is 0.278. The van der Waals surface area contributed by atoms with Crippen LogP contribution in [0.3, 0.4) is 0 Å². The van der Waals surface area contributed by atoms with Gasteiger partial charge in [0.25, 0.3) is 11.6 Å². The topological polar surface area (TPSA) is 81.5 Å². The van der Waals surface area contributed by atoms with Crippen LogP contribution in [0.1, 0.15) is 32.3 Å². The van der Waals surface area contributed by atoms with E-state index in [1.54, 1.807) is 6.92 Å². The van der Waals surface area contributed by atoms with E-state index in [1.807, 2.05) is 24.3 Å². The summed E-state index contributed by atoms with van der Waals surface area (Å²) in [6.45, 7) is 5.80. The lowest BCUT2D eigenvalue weighted by Crippen LogP contribution is -2.30. The standard InChI is InChI=1S/C18H19ClN2O4/c1-11(2)13-4-7-15(8-5-13)25-12(3)18(22)20-14-6-9-16(19)17(10-14)21(23)24/h4-12H,1-3H3,(H,20,22)/t12-/m0/s1. The highest BCUT2D eigenvalue weighted by Gasteiger charge is 2.18. The van der Waals surface area contributed by atoms with Crippen molar-refractivity contribution in [3.8, 4) is 5.75 Å². The van der Waals surface area contributed by atoms with Gasteiger partial charge in [-0.05, 0) is 42.7 Å². The van der Waals surface area contributed by atoms with Crippen LogP contribution < -0.4 is 10.1 Å². The third kappa shape index (κ3) is 4.93. The van der Waals surface area contributed by atoms with E-state index in [9.17, 15) is 14.9 Å². The van der Waals surface area contributed by atoms with Crippen LogP contribution in [0.5, 0.6) is 5.75 Å². The van der Waals surface area contributed by atoms with Gasteiger partial charge in [-0.3, -0.25) is 14.9 Å². The summed E-state index contributed by atoms with van der Waals surface area (Å²) in [5.41, 5.74) is 1.20. The van der Waals surface area contributed by atoms with Gasteiger partial charge >= 0.3 is 0 Å². The summed E-state index contributed by atoms with van der Waals surface area (Å²) in [5.74, 6) is 0.578. The Morgan fingerprint density at radius 3 is 2.36 bits per heavy atom. The van der Waals surface area contributed by atoms with Crippen LogP contribution in [0.25, 0.3) is 0 Å². The van der Waals surface area contributed by atoms with Crippen LogP contribution in [0.4, 0.5) is 11.4 Å². The van der Waals surface area contributed by atoms with Crippen molar-refractivity contribution in [2.45, 2.75) is 32.8 Å². The van der Waals surface area contributed by atoms with E-state index in [1.165, 1.54) is 23.8 Å². The Morgan fingerprint density at radius 2 is 1.80 bits per heavy atom. The first kappa shape index (κ1) is 18.7. The van der Waals surface area contributed by atoms with E-state index in [-0.39, 0.29) is 16.4 Å². The molecule has 0 unspecified atom stereocenters. The number of carbonyl (C=O) groups excluding carboxylic acids is 1. The summed E-state index contributed by atoms with van der Waals surface area (Å²) in [5, 5.41) is 13.5. The van der Waals surface area contributed by atoms with E-state index < -0.39 is 16.9 Å². The molecule has 2 aromatic carbocycles. The molecule has 2 rings (SSSR count). The first-order chi connectivity index (χ1) is 11.8. The van der Waals surface area contributed by atoms with Crippen molar-refractivity contribution < 1.29 is 14.5 Å². The average molecular weight is 363 g/mol. The molecule has 0 heterocycles. The number of hydrogen-bond donors (Lipinski definition) is 1. The molecule has 0 saturated heterocycles. The number of rotatable bonds is 6. The zero-order chi connectivity index (χ0) is 18.6. The number of hydrogen-bond acceptors (Lipinski definition) is 4. The van der Waals surface area contributed by atoms with Gasteiger partial charge in [0.2, 0.25) is 0 Å². The predicted octanol–water partition coefficient (Wildman–Crippen LogP) is 4.78. The van der Waals surface area contributed by atoms with Crippen LogP contribution in [-0.2, 0) is 4.79 Å². The second-order valence-corrected chi connectivity index (χ2v) is 6.30. The molecule has 1 amide bonds. The molecule has 0 saturated carbocycles. The minimum atomic E-state index is -0.764. The molecule has 0 aliphatic rings. The van der Waals surface area contributed by atoms with Gasteiger partial charge in [0, 0.05) is 11.8 Å². The summed E-state index contributed by atoms with van der Waals surface area (Å²) in [4.78, 5) is 22.5. The van der Waals surface area contributed by atoms with Crippen LogP contribution in [0, 0.1) is 10.1 Å². The lowest BCUT2D eigenvalue weighted by atomic mass is 10.0. The maximum absolute atomic E-state index is 12.2. The molecule has 0 aliphatic heterocycles. The highest BCUT2D eigenvalue weighted by atomic mass is 35.5. The third-order valence-electron chi connectivity index (χ3n) is 3.64. The molecule has 0 radical (unpaired) electrons. The van der Waals surface area contributed by atoms with E-state index in [4.69, 9.17) is 16.3 Å². The fourth-order valence-corrected chi connectivity index (χ4v) is 2.35. The van der Waals surface area contributed by atoms with Crippen molar-refractivity contribution in [2.75, 3.05) is 5.32 Å². The molecule has 0 bridgehead atoms. The van der Waals surface area contributed by atoms with Crippen LogP contribution in [0.2, 0.25) is 5.02 Å². The van der Waals surface area contributed by atoms with E-state index in [0.29, 0.717) is 11.7 Å². The highest BCUT2D eigenvalue weighted by Crippen LogP contribution is 2.27. The van der Waals surface area contributed by atoms with Gasteiger partial charge in [-0.15, -0.1) is 0 Å². The number of ether oxygens (including phenoxy) is 1. The number of anilines is 1. The molecule has 2 aromatic rings. The molecule has 0 aliphatic carbocycles. The number of nitrogens with zero attached hydrogens (tertiary/aromatic N) is 1. The molecule has 0 fully saturated rings. The van der Waals surface area contributed by atoms with Gasteiger partial charge in [0.1, 0.15) is 10.8 Å². The number of amides is 1. The second-order valence-electron chi connectivity index (χ2n) is 5.90. The summed E-state index contributed by atoms with van der Waals surface area (Å²) in [6.07, 6.45) is -0.764. The van der Waals surface area contributed by atoms with Crippen molar-refractivity contribution >= 4 is 28.9 Å². The van der Waals surface area contributed by atoms with Gasteiger partial charge in [0.15, 0.2) is 6.10 Å². The minimum absolute atomic E-state index is 0.0116. The fourth-order valence-electron chi connectivity index (χ4n) is 2.16. The molecule has 25 heavy (non-hydrogen) atoms. The third-order valence-corrected chi connectivity index (χ3v) is 3.96. The van der Waals surface area contributed by atoms with Gasteiger partial charge in [0.05, 0.1) is 4.92 Å². The average Bonchev–Trinajstić information content (AvgIpc) is 2.56. The quantitative estimate of drug-likeness (QED) is 0.592. The Morgan fingerprint density at radius 1 is 1.16 bits per heavy atom. The van der Waals surface area contributed by atoms with Crippen LogP contribution in [0.15, 0.2) is 42.5 Å². The Kier molecular flexibility index (Phi) is 5.98. The molecule has 1 N–H and O–H groups in total. The molecular weight excluding hydrogens is 344 g/mol. The van der Waals surface area contributed by atoms with Crippen molar-refractivity contribution in [3.05, 3.63) is 63.2 Å². The zero-order valence-electron chi connectivity index (χ0n) is 14.2. The summed E-state index contributed by atoms with van der Waals surface area (Å²) in [6, 6.07) is 11.6. The maximum atomic E-state index is 12.2. The number of halogens is 1. The number of nitrogens with one attached hydrogen (secondary N) is 1. The summed E-state index contributed by atoms with van der Waals surface area (Å²) >= 11 is 5.75. The van der Waals surface area contributed by atoms with Crippen LogP contribution in [-0.4, -0.2) is 16.9 Å². The monoisotopic (exact) mass is 362 g/mol. The first-order valence-electron chi connectivity index (χ1n) is 7.79. The van der Waals surface area contributed by atoms with Gasteiger partial charge in [-0.25, -0.2) is 0 Å². The van der Waals surface area contributed by atoms with E-state index >= 15 is 0 Å². The second kappa shape index (κ2) is 7.98. The normalized spacial score (nSPS) is 11.9. The van der Waals surface area contributed by atoms with E-state index in [0.717, 1.165) is 0 Å². The largest absolute Gasteiger partial charge is 0.481 e. The number of nitro benzene ring substituents is 1. The molecule has 6 nitrogen and oxygen atoms in total. The number of carbonyl (C=O) groups is 1. The predicted molar refractivity (Wildman–Crippen MR) is 97.4 cm³/mol. The van der Waals surface area contributed by atoms with Gasteiger partial charge in [-0.1, -0.05) is 37.6 Å². The maximum Gasteiger partial charge on any atom is 0.289 e. The van der Waals surface area contributed by atoms with Crippen molar-refractivity contribution in [1.82, 2.24) is 0 Å². The lowest BCUT2D eigenvalue weighted by molar-refractivity contribution is -0.384. The molecule has 1 atom stereocenters. The molecular formula is C18H19ClN2O4. The Bertz CT molecular complexity index is 775. The number of benzene rings is 2. The van der Waals surface area contributed by atoms with Crippen molar-refractivity contribution in [3.63, 3.8) is 0 Å². The number of nitro groups is 1. The molecule has 132 valence electrons. The lowest BCUT2D eigenvalue weighted by Gasteiger charge is -2.15. The summed E-state index contributed by atoms with van der Waals surface area (Å²) in [7, 11) is 0. The summed E-state index contributed by atoms with van der Waals surface area (Å²) < 4.78 is 5.61. The zero-order valence-corrected chi connectivity index (χ0v) is 14.9. The van der Waals surface area contributed by atoms with Crippen LogP contribution >= 0.6 is 11.6 Å². The van der Waals surface area contributed by atoms with Crippen molar-refractivity contribution in [1.29, 1.82) is 0 Å². The molecule has 0 spiro atoms. The van der Waals surface area contributed by atoms with Crippen molar-refractivity contribution in [2.24, 2.45) is 0 Å². The first-order valence-corrected chi connectivity index (χ1v) is 8.17. The van der Waals surface area contributed by atoms with Gasteiger partial charge in [-0.2, -0.15) is 0 Å². The van der Waals surface area contributed by atoms with E-state index in [2.05, 4.69) is 19.2 Å². The van der Waals surface area contributed by atoms with Gasteiger partial charge < -0.3 is 10.1 Å². The smallest absolute Gasteiger partial charge is 0.289 e. The minimum Gasteiger partial charge on any atom is -0.481 e.